The average Bonchev–Trinajstić information content (AvgIpc) is 2.18. The lowest BCUT2D eigenvalue weighted by Gasteiger charge is -2.39. The van der Waals surface area contributed by atoms with Crippen LogP contribution >= 0.6 is 0 Å². The summed E-state index contributed by atoms with van der Waals surface area (Å²) in [5, 5.41) is 0. The molecule has 0 aromatic carbocycles. The third-order valence-corrected chi connectivity index (χ3v) is 3.24. The van der Waals surface area contributed by atoms with Crippen molar-refractivity contribution in [2.24, 2.45) is 10.9 Å². The van der Waals surface area contributed by atoms with Crippen LogP contribution in [-0.2, 0) is 0 Å². The predicted octanol–water partition coefficient (Wildman–Crippen LogP) is 1.76. The summed E-state index contributed by atoms with van der Waals surface area (Å²) in [6, 6.07) is 0.424. The Morgan fingerprint density at radius 1 is 1.55 bits per heavy atom. The molecule has 1 aliphatic rings. The van der Waals surface area contributed by atoms with E-state index in [0.717, 1.165) is 0 Å². The van der Waals surface area contributed by atoms with E-state index < -0.39 is 0 Å². The number of rotatable bonds is 1. The number of nitrogens with zero attached hydrogens (tertiary/aromatic N) is 2. The number of hydrogen-bond donors (Lipinski definition) is 0. The van der Waals surface area contributed by atoms with E-state index in [9.17, 15) is 0 Å². The van der Waals surface area contributed by atoms with E-state index >= 15 is 0 Å². The Balaban J connectivity index is 2.85. The van der Waals surface area contributed by atoms with Crippen LogP contribution in [0.1, 0.15) is 27.7 Å². The molecule has 2 atom stereocenters. The predicted molar refractivity (Wildman–Crippen MR) is 49.0 cm³/mol. The smallest absolute Gasteiger partial charge is 0.0856 e. The molecule has 0 saturated heterocycles. The fourth-order valence-corrected chi connectivity index (χ4v) is 1.66. The zero-order valence-corrected chi connectivity index (χ0v) is 8.13. The van der Waals surface area contributed by atoms with Crippen LogP contribution in [0.5, 0.6) is 0 Å². The lowest BCUT2D eigenvalue weighted by Crippen LogP contribution is -2.50. The summed E-state index contributed by atoms with van der Waals surface area (Å²) in [7, 11) is 2.10. The normalized spacial score (nSPS) is 37.3. The largest absolute Gasteiger partial charge is 0.358 e. The van der Waals surface area contributed by atoms with Crippen LogP contribution in [0.3, 0.4) is 0 Å². The minimum atomic E-state index is 0.222. The van der Waals surface area contributed by atoms with Crippen LogP contribution < -0.4 is 0 Å². The van der Waals surface area contributed by atoms with Gasteiger partial charge in [0, 0.05) is 7.05 Å². The first-order valence-electron chi connectivity index (χ1n) is 4.25. The van der Waals surface area contributed by atoms with Crippen LogP contribution in [0, 0.1) is 5.92 Å². The average molecular weight is 154 g/mol. The molecule has 0 fully saturated rings. The Morgan fingerprint density at radius 2 is 2.09 bits per heavy atom. The molecule has 0 N–H and O–H groups in total. The van der Waals surface area contributed by atoms with Crippen LogP contribution in [-0.4, -0.2) is 29.9 Å². The molecule has 64 valence electrons. The molecule has 1 unspecified atom stereocenters. The van der Waals surface area contributed by atoms with Crippen molar-refractivity contribution in [1.29, 1.82) is 0 Å². The maximum absolute atomic E-state index is 4.39. The van der Waals surface area contributed by atoms with E-state index in [-0.39, 0.29) is 5.54 Å². The van der Waals surface area contributed by atoms with Crippen LogP contribution in [0.25, 0.3) is 0 Å². The molecule has 2 nitrogen and oxygen atoms in total. The molecule has 0 amide bonds. The van der Waals surface area contributed by atoms with E-state index in [4.69, 9.17) is 0 Å². The lowest BCUT2D eigenvalue weighted by molar-refractivity contribution is 0.157. The molecule has 2 heteroatoms. The molecule has 0 aromatic rings. The summed E-state index contributed by atoms with van der Waals surface area (Å²) in [5.74, 6) is 0.644. The lowest BCUT2D eigenvalue weighted by atomic mass is 9.82. The van der Waals surface area contributed by atoms with Gasteiger partial charge >= 0.3 is 0 Å². The summed E-state index contributed by atoms with van der Waals surface area (Å²) >= 11 is 0. The highest BCUT2D eigenvalue weighted by atomic mass is 15.3. The quantitative estimate of drug-likeness (QED) is 0.562. The highest BCUT2D eigenvalue weighted by Gasteiger charge is 2.40. The van der Waals surface area contributed by atoms with Crippen molar-refractivity contribution in [3.63, 3.8) is 0 Å². The molecule has 0 spiro atoms. The van der Waals surface area contributed by atoms with Crippen LogP contribution in [0.2, 0.25) is 0 Å². The van der Waals surface area contributed by atoms with Gasteiger partial charge in [0.05, 0.1) is 17.9 Å². The van der Waals surface area contributed by atoms with E-state index in [1.807, 2.05) is 6.34 Å². The monoisotopic (exact) mass is 154 g/mol. The Bertz CT molecular complexity index is 160. The summed E-state index contributed by atoms with van der Waals surface area (Å²) in [4.78, 5) is 6.62. The second kappa shape index (κ2) is 2.50. The SMILES string of the molecule is CC(C)[C@@]1(C)C(C)N=CN1C. The zero-order chi connectivity index (χ0) is 8.65. The van der Waals surface area contributed by atoms with Gasteiger partial charge in [0.25, 0.3) is 0 Å². The van der Waals surface area contributed by atoms with Gasteiger partial charge in [0.15, 0.2) is 0 Å². The number of hydrogen-bond acceptors (Lipinski definition) is 2. The molecule has 1 rings (SSSR count). The van der Waals surface area contributed by atoms with Crippen molar-refractivity contribution in [2.45, 2.75) is 39.3 Å². The van der Waals surface area contributed by atoms with Crippen molar-refractivity contribution >= 4 is 6.34 Å². The second-order valence-electron chi connectivity index (χ2n) is 3.93. The summed E-state index contributed by atoms with van der Waals surface area (Å²) < 4.78 is 0. The first-order chi connectivity index (χ1) is 4.99. The third-order valence-electron chi connectivity index (χ3n) is 3.24. The summed E-state index contributed by atoms with van der Waals surface area (Å²) in [6.07, 6.45) is 1.95. The van der Waals surface area contributed by atoms with Gasteiger partial charge in [-0.05, 0) is 19.8 Å². The van der Waals surface area contributed by atoms with E-state index in [1.165, 1.54) is 0 Å². The zero-order valence-electron chi connectivity index (χ0n) is 8.13. The van der Waals surface area contributed by atoms with E-state index in [0.29, 0.717) is 12.0 Å². The Labute approximate surface area is 69.3 Å². The summed E-state index contributed by atoms with van der Waals surface area (Å²) in [5.41, 5.74) is 0.222. The first kappa shape index (κ1) is 8.57. The highest BCUT2D eigenvalue weighted by molar-refractivity contribution is 5.60. The highest BCUT2D eigenvalue weighted by Crippen LogP contribution is 2.31. The van der Waals surface area contributed by atoms with Crippen LogP contribution in [0.15, 0.2) is 4.99 Å². The van der Waals surface area contributed by atoms with Gasteiger partial charge in [0.1, 0.15) is 0 Å². The molecular formula is C9H18N2. The van der Waals surface area contributed by atoms with Gasteiger partial charge in [-0.1, -0.05) is 13.8 Å². The van der Waals surface area contributed by atoms with Crippen molar-refractivity contribution in [2.75, 3.05) is 7.05 Å². The molecule has 0 saturated carbocycles. The minimum absolute atomic E-state index is 0.222. The Hall–Kier alpha value is -0.530. The Morgan fingerprint density at radius 3 is 2.27 bits per heavy atom. The number of likely N-dealkylation sites (N-methyl/N-ethyl adjacent to an activating group) is 1. The van der Waals surface area contributed by atoms with Gasteiger partial charge in [-0.2, -0.15) is 0 Å². The fraction of sp³-hybridized carbons (Fsp3) is 0.889. The van der Waals surface area contributed by atoms with Crippen molar-refractivity contribution in [1.82, 2.24) is 4.90 Å². The molecule has 0 radical (unpaired) electrons. The van der Waals surface area contributed by atoms with Crippen molar-refractivity contribution in [3.05, 3.63) is 0 Å². The van der Waals surface area contributed by atoms with Gasteiger partial charge < -0.3 is 4.90 Å². The molecular weight excluding hydrogens is 136 g/mol. The van der Waals surface area contributed by atoms with Gasteiger partial charge in [-0.3, -0.25) is 4.99 Å². The van der Waals surface area contributed by atoms with Crippen molar-refractivity contribution < 1.29 is 0 Å². The van der Waals surface area contributed by atoms with Gasteiger partial charge in [-0.15, -0.1) is 0 Å². The molecule has 1 aliphatic heterocycles. The fourth-order valence-electron chi connectivity index (χ4n) is 1.66. The van der Waals surface area contributed by atoms with E-state index in [2.05, 4.69) is 44.6 Å². The second-order valence-corrected chi connectivity index (χ2v) is 3.93. The van der Waals surface area contributed by atoms with Crippen LogP contribution in [0.4, 0.5) is 0 Å². The topological polar surface area (TPSA) is 15.6 Å². The standard InChI is InChI=1S/C9H18N2/c1-7(2)9(4)8(3)10-6-11(9)5/h6-8H,1-5H3/t8?,9-/m0/s1. The Kier molecular flexibility index (Phi) is 1.95. The number of aliphatic imine (C=N–C) groups is 1. The van der Waals surface area contributed by atoms with Gasteiger partial charge in [-0.25, -0.2) is 0 Å². The maximum atomic E-state index is 4.39. The molecule has 11 heavy (non-hydrogen) atoms. The van der Waals surface area contributed by atoms with Crippen molar-refractivity contribution in [3.8, 4) is 0 Å². The van der Waals surface area contributed by atoms with E-state index in [1.54, 1.807) is 0 Å². The summed E-state index contributed by atoms with van der Waals surface area (Å²) in [6.45, 7) is 8.96. The molecule has 0 aliphatic carbocycles. The molecule has 0 aromatic heterocycles. The minimum Gasteiger partial charge on any atom is -0.358 e. The maximum Gasteiger partial charge on any atom is 0.0856 e. The third kappa shape index (κ3) is 1.05. The first-order valence-corrected chi connectivity index (χ1v) is 4.25. The molecule has 0 bridgehead atoms. The molecule has 1 heterocycles. The van der Waals surface area contributed by atoms with Gasteiger partial charge in [0.2, 0.25) is 0 Å².